The minimum atomic E-state index is 0.263. The average Bonchev–Trinajstić information content (AvgIpc) is 2.85. The first-order valence-electron chi connectivity index (χ1n) is 8.46. The minimum Gasteiger partial charge on any atom is -0.308 e. The zero-order chi connectivity index (χ0) is 15.5. The van der Waals surface area contributed by atoms with Crippen LogP contribution in [0.1, 0.15) is 62.4 Å². The van der Waals surface area contributed by atoms with Crippen LogP contribution in [0.2, 0.25) is 0 Å². The van der Waals surface area contributed by atoms with Crippen LogP contribution in [0.3, 0.4) is 0 Å². The van der Waals surface area contributed by atoms with Gasteiger partial charge in [0.2, 0.25) is 0 Å². The standard InChI is InChI=1S/C18H32N2S/c1-6-11-19-17(16-9-12-21-15(16)3)18(20(4)5)10-7-8-14(2)13-18/h9,12,14,17,19H,6-8,10-11,13H2,1-5H3. The monoisotopic (exact) mass is 308 g/mol. The van der Waals surface area contributed by atoms with Gasteiger partial charge >= 0.3 is 0 Å². The van der Waals surface area contributed by atoms with E-state index in [-0.39, 0.29) is 5.54 Å². The lowest BCUT2D eigenvalue weighted by Crippen LogP contribution is -2.56. The van der Waals surface area contributed by atoms with Gasteiger partial charge in [0, 0.05) is 10.4 Å². The van der Waals surface area contributed by atoms with Crippen LogP contribution in [0.15, 0.2) is 11.4 Å². The smallest absolute Gasteiger partial charge is 0.0518 e. The van der Waals surface area contributed by atoms with Gasteiger partial charge < -0.3 is 10.2 Å². The second-order valence-electron chi connectivity index (χ2n) is 7.02. The highest BCUT2D eigenvalue weighted by Gasteiger charge is 2.44. The molecule has 0 bridgehead atoms. The molecule has 3 heteroatoms. The van der Waals surface area contributed by atoms with E-state index in [9.17, 15) is 0 Å². The first-order chi connectivity index (χ1) is 10.0. The van der Waals surface area contributed by atoms with Crippen molar-refractivity contribution in [2.75, 3.05) is 20.6 Å². The molecular formula is C18H32N2S. The van der Waals surface area contributed by atoms with Crippen LogP contribution in [0, 0.1) is 12.8 Å². The molecule has 3 unspecified atom stereocenters. The van der Waals surface area contributed by atoms with Crippen molar-refractivity contribution in [2.24, 2.45) is 5.92 Å². The van der Waals surface area contributed by atoms with Gasteiger partial charge in [-0.25, -0.2) is 0 Å². The molecule has 0 spiro atoms. The van der Waals surface area contributed by atoms with E-state index in [0.717, 1.165) is 12.5 Å². The van der Waals surface area contributed by atoms with Crippen LogP contribution in [-0.2, 0) is 0 Å². The van der Waals surface area contributed by atoms with Gasteiger partial charge in [0.1, 0.15) is 0 Å². The molecule has 1 aliphatic rings. The van der Waals surface area contributed by atoms with Gasteiger partial charge in [0.25, 0.3) is 0 Å². The van der Waals surface area contributed by atoms with Crippen LogP contribution < -0.4 is 5.32 Å². The quantitative estimate of drug-likeness (QED) is 0.825. The summed E-state index contributed by atoms with van der Waals surface area (Å²) in [5, 5.41) is 6.14. The zero-order valence-corrected chi connectivity index (χ0v) is 15.2. The van der Waals surface area contributed by atoms with Gasteiger partial charge in [0.05, 0.1) is 6.04 Å². The van der Waals surface area contributed by atoms with Gasteiger partial charge in [-0.3, -0.25) is 0 Å². The van der Waals surface area contributed by atoms with Gasteiger partial charge in [-0.2, -0.15) is 0 Å². The van der Waals surface area contributed by atoms with Crippen molar-refractivity contribution < 1.29 is 0 Å². The molecule has 0 radical (unpaired) electrons. The second kappa shape index (κ2) is 7.26. The third-order valence-corrected chi connectivity index (χ3v) is 6.11. The van der Waals surface area contributed by atoms with Crippen molar-refractivity contribution in [1.82, 2.24) is 10.2 Å². The van der Waals surface area contributed by atoms with Crippen molar-refractivity contribution in [3.05, 3.63) is 21.9 Å². The fraction of sp³-hybridized carbons (Fsp3) is 0.778. The molecule has 0 aromatic carbocycles. The number of aryl methyl sites for hydroxylation is 1. The Bertz CT molecular complexity index is 440. The highest BCUT2D eigenvalue weighted by atomic mass is 32.1. The lowest BCUT2D eigenvalue weighted by Gasteiger charge is -2.50. The van der Waals surface area contributed by atoms with E-state index in [4.69, 9.17) is 0 Å². The molecule has 21 heavy (non-hydrogen) atoms. The summed E-state index contributed by atoms with van der Waals surface area (Å²) in [6.45, 7) is 8.06. The molecule has 1 aliphatic carbocycles. The third-order valence-electron chi connectivity index (χ3n) is 5.24. The first kappa shape index (κ1) is 17.0. The van der Waals surface area contributed by atoms with Crippen LogP contribution in [0.4, 0.5) is 0 Å². The summed E-state index contributed by atoms with van der Waals surface area (Å²) in [5.41, 5.74) is 1.79. The predicted molar refractivity (Wildman–Crippen MR) is 94.1 cm³/mol. The topological polar surface area (TPSA) is 15.3 Å². The van der Waals surface area contributed by atoms with E-state index < -0.39 is 0 Å². The van der Waals surface area contributed by atoms with Crippen molar-refractivity contribution in [1.29, 1.82) is 0 Å². The Labute approximate surface area is 134 Å². The van der Waals surface area contributed by atoms with Gasteiger partial charge in [0.15, 0.2) is 0 Å². The highest BCUT2D eigenvalue weighted by Crippen LogP contribution is 2.45. The normalized spacial score (nSPS) is 28.0. The molecule has 3 atom stereocenters. The summed E-state index contributed by atoms with van der Waals surface area (Å²) in [4.78, 5) is 3.98. The maximum Gasteiger partial charge on any atom is 0.0518 e. The molecule has 1 saturated carbocycles. The third kappa shape index (κ3) is 3.52. The fourth-order valence-electron chi connectivity index (χ4n) is 4.06. The van der Waals surface area contributed by atoms with Crippen molar-refractivity contribution in [3.8, 4) is 0 Å². The lowest BCUT2D eigenvalue weighted by molar-refractivity contribution is 0.0366. The molecular weight excluding hydrogens is 276 g/mol. The van der Waals surface area contributed by atoms with E-state index in [1.807, 2.05) is 11.3 Å². The molecule has 1 fully saturated rings. The Morgan fingerprint density at radius 1 is 1.48 bits per heavy atom. The van der Waals surface area contributed by atoms with E-state index >= 15 is 0 Å². The van der Waals surface area contributed by atoms with Gasteiger partial charge in [-0.05, 0) is 69.8 Å². The van der Waals surface area contributed by atoms with Crippen molar-refractivity contribution in [3.63, 3.8) is 0 Å². The van der Waals surface area contributed by atoms with E-state index in [0.29, 0.717) is 6.04 Å². The highest BCUT2D eigenvalue weighted by molar-refractivity contribution is 7.10. The number of hydrogen-bond acceptors (Lipinski definition) is 3. The molecule has 1 heterocycles. The Hall–Kier alpha value is -0.380. The molecule has 0 amide bonds. The minimum absolute atomic E-state index is 0.263. The van der Waals surface area contributed by atoms with E-state index in [2.05, 4.69) is 56.5 Å². The fourth-order valence-corrected chi connectivity index (χ4v) is 4.80. The van der Waals surface area contributed by atoms with Crippen molar-refractivity contribution >= 4 is 11.3 Å². The largest absolute Gasteiger partial charge is 0.308 e. The maximum absolute atomic E-state index is 3.89. The van der Waals surface area contributed by atoms with Crippen LogP contribution in [0.5, 0.6) is 0 Å². The van der Waals surface area contributed by atoms with Gasteiger partial charge in [-0.15, -0.1) is 11.3 Å². The second-order valence-corrected chi connectivity index (χ2v) is 8.14. The lowest BCUT2D eigenvalue weighted by atomic mass is 9.69. The van der Waals surface area contributed by atoms with Crippen molar-refractivity contribution in [2.45, 2.75) is 64.5 Å². The summed E-state index contributed by atoms with van der Waals surface area (Å²) in [6, 6.07) is 2.80. The predicted octanol–water partition coefficient (Wildman–Crippen LogP) is 4.61. The molecule has 0 aliphatic heterocycles. The Kier molecular flexibility index (Phi) is 5.87. The molecule has 2 rings (SSSR count). The molecule has 2 nitrogen and oxygen atoms in total. The van der Waals surface area contributed by atoms with E-state index in [1.54, 1.807) is 0 Å². The number of hydrogen-bond donors (Lipinski definition) is 1. The number of likely N-dealkylation sites (N-methyl/N-ethyl adjacent to an activating group) is 1. The Morgan fingerprint density at radius 3 is 2.76 bits per heavy atom. The van der Waals surface area contributed by atoms with E-state index in [1.165, 1.54) is 42.5 Å². The average molecular weight is 309 g/mol. The van der Waals surface area contributed by atoms with Crippen LogP contribution in [-0.4, -0.2) is 31.1 Å². The summed E-state index contributed by atoms with van der Waals surface area (Å²) in [6.07, 6.45) is 6.54. The summed E-state index contributed by atoms with van der Waals surface area (Å²) < 4.78 is 0. The number of thiophene rings is 1. The molecule has 120 valence electrons. The SMILES string of the molecule is CCCNC(c1ccsc1C)C1(N(C)C)CCCC(C)C1. The first-order valence-corrected chi connectivity index (χ1v) is 9.34. The molecule has 1 aromatic rings. The zero-order valence-electron chi connectivity index (χ0n) is 14.4. The Morgan fingerprint density at radius 2 is 2.24 bits per heavy atom. The summed E-state index contributed by atoms with van der Waals surface area (Å²) in [5.74, 6) is 0.825. The molecule has 1 N–H and O–H groups in total. The van der Waals surface area contributed by atoms with Gasteiger partial charge in [-0.1, -0.05) is 26.7 Å². The Balaban J connectivity index is 2.38. The molecule has 1 aromatic heterocycles. The summed E-state index contributed by atoms with van der Waals surface area (Å²) >= 11 is 1.88. The van der Waals surface area contributed by atoms with Crippen LogP contribution >= 0.6 is 11.3 Å². The maximum atomic E-state index is 3.89. The summed E-state index contributed by atoms with van der Waals surface area (Å²) in [7, 11) is 4.56. The number of nitrogens with one attached hydrogen (secondary N) is 1. The number of nitrogens with zero attached hydrogens (tertiary/aromatic N) is 1. The molecule has 0 saturated heterocycles. The number of rotatable bonds is 6. The van der Waals surface area contributed by atoms with Crippen LogP contribution in [0.25, 0.3) is 0 Å².